The SMILES string of the molecule is CN(C)C1(c2ccc(C(C)(C)C)cc2)CCC(=O)CC1. The van der Waals surface area contributed by atoms with Crippen molar-refractivity contribution in [3.63, 3.8) is 0 Å². The average Bonchev–Trinajstić information content (AvgIpc) is 2.39. The average molecular weight is 273 g/mol. The second-order valence-corrected chi connectivity index (χ2v) is 7.29. The third kappa shape index (κ3) is 2.80. The molecule has 0 unspecified atom stereocenters. The molecule has 0 saturated heterocycles. The Kier molecular flexibility index (Phi) is 4.06. The molecule has 110 valence electrons. The van der Waals surface area contributed by atoms with Gasteiger partial charge in [-0.15, -0.1) is 0 Å². The summed E-state index contributed by atoms with van der Waals surface area (Å²) in [5.41, 5.74) is 2.93. The van der Waals surface area contributed by atoms with E-state index in [1.54, 1.807) is 0 Å². The number of nitrogens with zero attached hydrogens (tertiary/aromatic N) is 1. The van der Waals surface area contributed by atoms with Gasteiger partial charge in [-0.05, 0) is 43.5 Å². The summed E-state index contributed by atoms with van der Waals surface area (Å²) in [4.78, 5) is 13.9. The van der Waals surface area contributed by atoms with E-state index in [1.807, 2.05) is 0 Å². The van der Waals surface area contributed by atoms with Gasteiger partial charge in [0.15, 0.2) is 0 Å². The number of Topliss-reactive ketones (excluding diaryl/α,β-unsaturated/α-hetero) is 1. The lowest BCUT2D eigenvalue weighted by Crippen LogP contribution is -2.44. The molecule has 0 aliphatic heterocycles. The van der Waals surface area contributed by atoms with Gasteiger partial charge in [0.1, 0.15) is 5.78 Å². The van der Waals surface area contributed by atoms with Gasteiger partial charge in [0.2, 0.25) is 0 Å². The van der Waals surface area contributed by atoms with Crippen LogP contribution in [0.5, 0.6) is 0 Å². The van der Waals surface area contributed by atoms with Crippen molar-refractivity contribution >= 4 is 5.78 Å². The van der Waals surface area contributed by atoms with Crippen molar-refractivity contribution in [2.24, 2.45) is 0 Å². The molecule has 0 aromatic heterocycles. The van der Waals surface area contributed by atoms with E-state index in [1.165, 1.54) is 11.1 Å². The number of carbonyl (C=O) groups is 1. The highest BCUT2D eigenvalue weighted by atomic mass is 16.1. The molecular formula is C18H27NO. The number of hydrogen-bond acceptors (Lipinski definition) is 2. The van der Waals surface area contributed by atoms with E-state index in [0.717, 1.165) is 12.8 Å². The highest BCUT2D eigenvalue weighted by Gasteiger charge is 2.38. The van der Waals surface area contributed by atoms with E-state index in [4.69, 9.17) is 0 Å². The minimum absolute atomic E-state index is 0.0321. The zero-order valence-electron chi connectivity index (χ0n) is 13.5. The van der Waals surface area contributed by atoms with Crippen molar-refractivity contribution in [3.8, 4) is 0 Å². The Bertz CT molecular complexity index is 469. The molecule has 0 spiro atoms. The minimum Gasteiger partial charge on any atom is -0.300 e. The summed E-state index contributed by atoms with van der Waals surface area (Å²) in [7, 11) is 4.26. The third-order valence-corrected chi connectivity index (χ3v) is 4.78. The smallest absolute Gasteiger partial charge is 0.133 e. The molecule has 1 aliphatic carbocycles. The van der Waals surface area contributed by atoms with Crippen LogP contribution in [0.15, 0.2) is 24.3 Å². The zero-order valence-corrected chi connectivity index (χ0v) is 13.5. The van der Waals surface area contributed by atoms with Gasteiger partial charge in [-0.25, -0.2) is 0 Å². The van der Waals surface area contributed by atoms with Gasteiger partial charge in [-0.3, -0.25) is 9.69 Å². The molecule has 1 aliphatic rings. The largest absolute Gasteiger partial charge is 0.300 e. The molecule has 0 atom stereocenters. The number of ketones is 1. The van der Waals surface area contributed by atoms with Crippen LogP contribution in [0.25, 0.3) is 0 Å². The lowest BCUT2D eigenvalue weighted by Gasteiger charge is -2.43. The molecule has 1 saturated carbocycles. The topological polar surface area (TPSA) is 20.3 Å². The van der Waals surface area contributed by atoms with Gasteiger partial charge >= 0.3 is 0 Å². The van der Waals surface area contributed by atoms with E-state index in [0.29, 0.717) is 18.6 Å². The Morgan fingerprint density at radius 1 is 1.00 bits per heavy atom. The molecule has 0 amide bonds. The summed E-state index contributed by atoms with van der Waals surface area (Å²) in [5, 5.41) is 0. The molecule has 20 heavy (non-hydrogen) atoms. The maximum atomic E-state index is 11.6. The van der Waals surface area contributed by atoms with Gasteiger partial charge in [0, 0.05) is 18.4 Å². The van der Waals surface area contributed by atoms with E-state index in [-0.39, 0.29) is 11.0 Å². The molecule has 0 bridgehead atoms. The predicted molar refractivity (Wildman–Crippen MR) is 84.0 cm³/mol. The number of carbonyl (C=O) groups excluding carboxylic acids is 1. The van der Waals surface area contributed by atoms with Crippen LogP contribution < -0.4 is 0 Å². The van der Waals surface area contributed by atoms with Gasteiger partial charge in [-0.1, -0.05) is 45.0 Å². The van der Waals surface area contributed by atoms with Gasteiger partial charge in [-0.2, -0.15) is 0 Å². The Labute approximate surface area is 123 Å². The van der Waals surface area contributed by atoms with Crippen LogP contribution in [0.2, 0.25) is 0 Å². The van der Waals surface area contributed by atoms with Gasteiger partial charge in [0.25, 0.3) is 0 Å². The van der Waals surface area contributed by atoms with Crippen molar-refractivity contribution in [2.75, 3.05) is 14.1 Å². The molecule has 2 nitrogen and oxygen atoms in total. The first-order valence-corrected chi connectivity index (χ1v) is 7.56. The molecule has 0 heterocycles. The van der Waals surface area contributed by atoms with Crippen molar-refractivity contribution in [1.29, 1.82) is 0 Å². The van der Waals surface area contributed by atoms with E-state index in [2.05, 4.69) is 64.0 Å². The standard InChI is InChI=1S/C18H27NO/c1-17(2,3)14-6-8-15(9-7-14)18(19(4)5)12-10-16(20)11-13-18/h6-9H,10-13H2,1-5H3. The summed E-state index contributed by atoms with van der Waals surface area (Å²) in [6, 6.07) is 9.01. The monoisotopic (exact) mass is 273 g/mol. The summed E-state index contributed by atoms with van der Waals surface area (Å²) in [5.74, 6) is 0.411. The van der Waals surface area contributed by atoms with Crippen LogP contribution in [0.4, 0.5) is 0 Å². The Balaban J connectivity index is 2.34. The molecule has 1 aromatic rings. The molecule has 2 heteroatoms. The second-order valence-electron chi connectivity index (χ2n) is 7.29. The lowest BCUT2D eigenvalue weighted by atomic mass is 9.74. The lowest BCUT2D eigenvalue weighted by molar-refractivity contribution is -0.122. The maximum absolute atomic E-state index is 11.6. The molecule has 0 radical (unpaired) electrons. The van der Waals surface area contributed by atoms with Gasteiger partial charge in [0.05, 0.1) is 0 Å². The Hall–Kier alpha value is -1.15. The second kappa shape index (κ2) is 5.33. The van der Waals surface area contributed by atoms with Crippen molar-refractivity contribution < 1.29 is 4.79 Å². The maximum Gasteiger partial charge on any atom is 0.133 e. The highest BCUT2D eigenvalue weighted by Crippen LogP contribution is 2.40. The van der Waals surface area contributed by atoms with Crippen molar-refractivity contribution in [1.82, 2.24) is 4.90 Å². The molecule has 2 rings (SSSR count). The Morgan fingerprint density at radius 3 is 1.90 bits per heavy atom. The van der Waals surface area contributed by atoms with Gasteiger partial charge < -0.3 is 0 Å². The molecule has 1 fully saturated rings. The fourth-order valence-corrected chi connectivity index (χ4v) is 3.22. The van der Waals surface area contributed by atoms with Crippen LogP contribution in [0.1, 0.15) is 57.6 Å². The third-order valence-electron chi connectivity index (χ3n) is 4.78. The first-order valence-electron chi connectivity index (χ1n) is 7.56. The Morgan fingerprint density at radius 2 is 1.50 bits per heavy atom. The zero-order chi connectivity index (χ0) is 15.0. The quantitative estimate of drug-likeness (QED) is 0.815. The summed E-state index contributed by atoms with van der Waals surface area (Å²) in [6.45, 7) is 6.72. The number of rotatable bonds is 2. The summed E-state index contributed by atoms with van der Waals surface area (Å²) in [6.07, 6.45) is 3.29. The first kappa shape index (κ1) is 15.2. The highest BCUT2D eigenvalue weighted by molar-refractivity contribution is 5.79. The fourth-order valence-electron chi connectivity index (χ4n) is 3.22. The van der Waals surface area contributed by atoms with Crippen molar-refractivity contribution in [3.05, 3.63) is 35.4 Å². The van der Waals surface area contributed by atoms with E-state index in [9.17, 15) is 4.79 Å². The first-order chi connectivity index (χ1) is 9.25. The summed E-state index contributed by atoms with van der Waals surface area (Å²) >= 11 is 0. The van der Waals surface area contributed by atoms with Crippen LogP contribution in [-0.2, 0) is 15.7 Å². The predicted octanol–water partition coefficient (Wildman–Crippen LogP) is 3.88. The molecular weight excluding hydrogens is 246 g/mol. The normalized spacial score (nSPS) is 19.4. The molecule has 1 aromatic carbocycles. The number of benzene rings is 1. The molecule has 0 N–H and O–H groups in total. The van der Waals surface area contributed by atoms with Crippen LogP contribution in [0.3, 0.4) is 0 Å². The minimum atomic E-state index is 0.0321. The number of hydrogen-bond donors (Lipinski definition) is 0. The van der Waals surface area contributed by atoms with Crippen molar-refractivity contribution in [2.45, 2.75) is 57.4 Å². The van der Waals surface area contributed by atoms with Crippen LogP contribution >= 0.6 is 0 Å². The summed E-state index contributed by atoms with van der Waals surface area (Å²) < 4.78 is 0. The fraction of sp³-hybridized carbons (Fsp3) is 0.611. The van der Waals surface area contributed by atoms with Crippen LogP contribution in [0, 0.1) is 0 Å². The van der Waals surface area contributed by atoms with E-state index < -0.39 is 0 Å². The van der Waals surface area contributed by atoms with Crippen LogP contribution in [-0.4, -0.2) is 24.8 Å². The van der Waals surface area contributed by atoms with E-state index >= 15 is 0 Å².